The Bertz CT molecular complexity index is 393. The molecule has 0 aliphatic heterocycles. The van der Waals surface area contributed by atoms with Crippen LogP contribution >= 0.6 is 0 Å². The Morgan fingerprint density at radius 3 is 2.65 bits per heavy atom. The summed E-state index contributed by atoms with van der Waals surface area (Å²) in [6.45, 7) is 0.595. The molecule has 0 bridgehead atoms. The van der Waals surface area contributed by atoms with Crippen LogP contribution < -0.4 is 16.3 Å². The normalized spacial score (nSPS) is 10.4. The number of nitrogens with two attached hydrogens (primary N) is 1. The van der Waals surface area contributed by atoms with E-state index in [4.69, 9.17) is 13.7 Å². The summed E-state index contributed by atoms with van der Waals surface area (Å²) in [6, 6.07) is 7.25. The Balaban J connectivity index is 2.50. The number of anilines is 2. The molecule has 2 radical (unpaired) electrons. The van der Waals surface area contributed by atoms with Crippen molar-refractivity contribution in [1.29, 1.82) is 0 Å². The molecular weight excluding hydrogens is 213 g/mol. The number of nitrogens with one attached hydrogen (secondary N) is 2. The van der Waals surface area contributed by atoms with Crippen LogP contribution in [0.3, 0.4) is 0 Å². The highest BCUT2D eigenvalue weighted by atomic mass is 16.1. The number of carbonyl (C=O) groups is 1. The van der Waals surface area contributed by atoms with Crippen molar-refractivity contribution in [1.82, 2.24) is 0 Å². The van der Waals surface area contributed by atoms with Gasteiger partial charge in [-0.15, -0.1) is 0 Å². The van der Waals surface area contributed by atoms with Crippen molar-refractivity contribution in [3.05, 3.63) is 36.4 Å². The van der Waals surface area contributed by atoms with E-state index in [0.717, 1.165) is 6.42 Å². The summed E-state index contributed by atoms with van der Waals surface area (Å²) in [4.78, 5) is 11.6. The Morgan fingerprint density at radius 1 is 1.29 bits per heavy atom. The average molecular weight is 229 g/mol. The van der Waals surface area contributed by atoms with Gasteiger partial charge in [0.25, 0.3) is 0 Å². The molecule has 1 aromatic carbocycles. The first kappa shape index (κ1) is 13.3. The van der Waals surface area contributed by atoms with Crippen LogP contribution in [0.5, 0.6) is 0 Å². The van der Waals surface area contributed by atoms with Crippen LogP contribution in [0, 0.1) is 0 Å². The van der Waals surface area contributed by atoms with Gasteiger partial charge in [-0.2, -0.15) is 0 Å². The molecule has 4 nitrogen and oxygen atoms in total. The van der Waals surface area contributed by atoms with Crippen molar-refractivity contribution in [3.8, 4) is 0 Å². The highest BCUT2D eigenvalue weighted by molar-refractivity contribution is 6.17. The lowest BCUT2D eigenvalue weighted by molar-refractivity contribution is -0.115. The van der Waals surface area contributed by atoms with Crippen LogP contribution in [0.4, 0.5) is 11.4 Å². The van der Waals surface area contributed by atoms with Crippen molar-refractivity contribution in [2.75, 3.05) is 17.1 Å². The predicted octanol–water partition coefficient (Wildman–Crippen LogP) is 1.42. The SMILES string of the molecule is [B]Nc1ccccc1NC(=O)C/C=C/CCN. The van der Waals surface area contributed by atoms with Crippen molar-refractivity contribution in [2.45, 2.75) is 12.8 Å². The van der Waals surface area contributed by atoms with Crippen LogP contribution in [0.2, 0.25) is 0 Å². The lowest BCUT2D eigenvalue weighted by Crippen LogP contribution is -2.11. The van der Waals surface area contributed by atoms with E-state index in [1.165, 1.54) is 0 Å². The summed E-state index contributed by atoms with van der Waals surface area (Å²) < 4.78 is 0. The van der Waals surface area contributed by atoms with Gasteiger partial charge in [-0.1, -0.05) is 24.3 Å². The van der Waals surface area contributed by atoms with Gasteiger partial charge in [-0.25, -0.2) is 0 Å². The predicted molar refractivity (Wildman–Crippen MR) is 71.9 cm³/mol. The van der Waals surface area contributed by atoms with Crippen LogP contribution in [-0.2, 0) is 4.79 Å². The summed E-state index contributed by atoms with van der Waals surface area (Å²) in [5.74, 6) is -0.0824. The fourth-order valence-corrected chi connectivity index (χ4v) is 1.32. The lowest BCUT2D eigenvalue weighted by Gasteiger charge is -2.09. The Kier molecular flexibility index (Phi) is 5.89. The molecule has 17 heavy (non-hydrogen) atoms. The Labute approximate surface area is 103 Å². The molecule has 1 rings (SSSR count). The number of benzene rings is 1. The molecule has 5 heteroatoms. The van der Waals surface area contributed by atoms with Crippen LogP contribution in [0.1, 0.15) is 12.8 Å². The molecule has 0 saturated heterocycles. The quantitative estimate of drug-likeness (QED) is 0.510. The average Bonchev–Trinajstić information content (AvgIpc) is 2.35. The second kappa shape index (κ2) is 7.52. The zero-order chi connectivity index (χ0) is 12.5. The maximum atomic E-state index is 11.6. The highest BCUT2D eigenvalue weighted by Crippen LogP contribution is 2.19. The molecule has 0 aliphatic carbocycles. The fourth-order valence-electron chi connectivity index (χ4n) is 1.32. The van der Waals surface area contributed by atoms with Gasteiger partial charge in [-0.05, 0) is 25.1 Å². The molecule has 0 aliphatic rings. The topological polar surface area (TPSA) is 67.1 Å². The van der Waals surface area contributed by atoms with Crippen molar-refractivity contribution >= 4 is 25.3 Å². The largest absolute Gasteiger partial charge is 0.436 e. The lowest BCUT2D eigenvalue weighted by atomic mass is 10.2. The van der Waals surface area contributed by atoms with E-state index in [1.54, 1.807) is 18.2 Å². The minimum Gasteiger partial charge on any atom is -0.436 e. The molecule has 0 fully saturated rings. The van der Waals surface area contributed by atoms with Gasteiger partial charge >= 0.3 is 0 Å². The first-order valence-electron chi connectivity index (χ1n) is 5.48. The Morgan fingerprint density at radius 2 is 2.00 bits per heavy atom. The molecule has 0 saturated carbocycles. The van der Waals surface area contributed by atoms with Gasteiger partial charge in [0, 0.05) is 12.1 Å². The molecule has 0 heterocycles. The molecule has 4 N–H and O–H groups in total. The summed E-state index contributed by atoms with van der Waals surface area (Å²) in [6.07, 6.45) is 4.82. The minimum atomic E-state index is -0.0824. The maximum absolute atomic E-state index is 11.6. The Hall–Kier alpha value is -1.75. The summed E-state index contributed by atoms with van der Waals surface area (Å²) >= 11 is 0. The molecule has 88 valence electrons. The third kappa shape index (κ3) is 4.74. The smallest absolute Gasteiger partial charge is 0.228 e. The molecule has 0 aromatic heterocycles. The number of para-hydroxylation sites is 2. The minimum absolute atomic E-state index is 0.0824. The standard InChI is InChI=1S/C12H16BN3O/c13-16-11-7-4-3-6-10(11)15-12(17)8-2-1-5-9-14/h1-4,6-7,16H,5,8-9,14H2,(H,15,17)/b2-1+. The second-order valence-corrected chi connectivity index (χ2v) is 3.49. The van der Waals surface area contributed by atoms with Gasteiger partial charge in [0.15, 0.2) is 0 Å². The number of carbonyl (C=O) groups excluding carboxylic acids is 1. The third-order valence-corrected chi connectivity index (χ3v) is 2.16. The van der Waals surface area contributed by atoms with E-state index >= 15 is 0 Å². The van der Waals surface area contributed by atoms with E-state index in [-0.39, 0.29) is 5.91 Å². The first-order chi connectivity index (χ1) is 8.27. The zero-order valence-corrected chi connectivity index (χ0v) is 9.65. The third-order valence-electron chi connectivity index (χ3n) is 2.16. The number of amides is 1. The first-order valence-corrected chi connectivity index (χ1v) is 5.48. The summed E-state index contributed by atoms with van der Waals surface area (Å²) in [5, 5.41) is 5.30. The number of rotatable bonds is 6. The molecule has 0 atom stereocenters. The molecule has 1 amide bonds. The van der Waals surface area contributed by atoms with E-state index in [0.29, 0.717) is 24.3 Å². The van der Waals surface area contributed by atoms with E-state index in [9.17, 15) is 4.79 Å². The molecule has 1 aromatic rings. The van der Waals surface area contributed by atoms with Crippen LogP contribution in [-0.4, -0.2) is 20.4 Å². The van der Waals surface area contributed by atoms with Gasteiger partial charge in [-0.3, -0.25) is 4.79 Å². The fraction of sp³-hybridized carbons (Fsp3) is 0.250. The van der Waals surface area contributed by atoms with Gasteiger partial charge < -0.3 is 16.3 Å². The second-order valence-electron chi connectivity index (χ2n) is 3.49. The van der Waals surface area contributed by atoms with Gasteiger partial charge in [0.2, 0.25) is 13.9 Å². The molecule has 0 spiro atoms. The van der Waals surface area contributed by atoms with Gasteiger partial charge in [0.1, 0.15) is 0 Å². The summed E-state index contributed by atoms with van der Waals surface area (Å²) in [5.41, 5.74) is 6.69. The van der Waals surface area contributed by atoms with Crippen molar-refractivity contribution in [2.24, 2.45) is 5.73 Å². The molecular formula is C12H16BN3O. The van der Waals surface area contributed by atoms with Gasteiger partial charge in [0.05, 0.1) is 5.69 Å². The molecule has 0 unspecified atom stereocenters. The number of hydrogen-bond acceptors (Lipinski definition) is 3. The van der Waals surface area contributed by atoms with E-state index in [2.05, 4.69) is 10.5 Å². The summed E-state index contributed by atoms with van der Waals surface area (Å²) in [7, 11) is 5.34. The van der Waals surface area contributed by atoms with Crippen molar-refractivity contribution < 1.29 is 4.79 Å². The number of hydrogen-bond donors (Lipinski definition) is 3. The maximum Gasteiger partial charge on any atom is 0.228 e. The van der Waals surface area contributed by atoms with E-state index in [1.807, 2.05) is 18.2 Å². The van der Waals surface area contributed by atoms with Crippen molar-refractivity contribution in [3.63, 3.8) is 0 Å². The zero-order valence-electron chi connectivity index (χ0n) is 9.65. The van der Waals surface area contributed by atoms with E-state index < -0.39 is 0 Å². The monoisotopic (exact) mass is 229 g/mol. The van der Waals surface area contributed by atoms with Crippen LogP contribution in [0.15, 0.2) is 36.4 Å². The highest BCUT2D eigenvalue weighted by Gasteiger charge is 2.03. The van der Waals surface area contributed by atoms with Crippen LogP contribution in [0.25, 0.3) is 0 Å².